The zero-order chi connectivity index (χ0) is 18.8. The van der Waals surface area contributed by atoms with Crippen LogP contribution in [0.1, 0.15) is 47.5 Å². The number of amides is 1. The Labute approximate surface area is 152 Å². The Morgan fingerprint density at radius 1 is 1.24 bits per heavy atom. The van der Waals surface area contributed by atoms with Crippen LogP contribution in [0.3, 0.4) is 0 Å². The average Bonchev–Trinajstić information content (AvgIpc) is 2.80. The highest BCUT2D eigenvalue weighted by Gasteiger charge is 2.64. The molecular formula is C17H27NO6S. The molecule has 0 spiro atoms. The molecule has 0 radical (unpaired) electrons. The first-order chi connectivity index (χ1) is 11.7. The molecule has 0 aromatic heterocycles. The fourth-order valence-corrected chi connectivity index (χ4v) is 5.07. The zero-order valence-electron chi connectivity index (χ0n) is 15.4. The van der Waals surface area contributed by atoms with Crippen molar-refractivity contribution in [1.82, 2.24) is 4.90 Å². The largest absolute Gasteiger partial charge is 0.511 e. The molecule has 2 aliphatic heterocycles. The molecule has 25 heavy (non-hydrogen) atoms. The molecule has 0 N–H and O–H groups in total. The van der Waals surface area contributed by atoms with E-state index in [9.17, 15) is 14.4 Å². The van der Waals surface area contributed by atoms with Crippen molar-refractivity contribution in [3.05, 3.63) is 0 Å². The van der Waals surface area contributed by atoms with Gasteiger partial charge in [-0.05, 0) is 26.2 Å². The van der Waals surface area contributed by atoms with E-state index in [1.165, 1.54) is 0 Å². The summed E-state index contributed by atoms with van der Waals surface area (Å²) < 4.78 is 14.1. The van der Waals surface area contributed by atoms with E-state index in [1.807, 2.05) is 20.8 Å². The maximum absolute atomic E-state index is 12.5. The van der Waals surface area contributed by atoms with Crippen molar-refractivity contribution in [1.29, 1.82) is 0 Å². The Morgan fingerprint density at radius 3 is 2.52 bits per heavy atom. The van der Waals surface area contributed by atoms with Gasteiger partial charge in [0.1, 0.15) is 6.04 Å². The van der Waals surface area contributed by atoms with Crippen LogP contribution < -0.4 is 0 Å². The standard InChI is InChI=1S/C17H27NO6S/c1-6-8-22-16(21)24-9-23-15(20)12-17(4,5)25-14-11(10(3)7-2)13(19)18(12)14/h10-12,14H,6-9H2,1-5H3/t10?,11-,12+,14-/m1/s1. The third-order valence-electron chi connectivity index (χ3n) is 4.76. The highest BCUT2D eigenvalue weighted by Crippen LogP contribution is 2.55. The van der Waals surface area contributed by atoms with Gasteiger partial charge in [0.2, 0.25) is 12.7 Å². The summed E-state index contributed by atoms with van der Waals surface area (Å²) in [7, 11) is 0. The quantitative estimate of drug-likeness (QED) is 0.385. The molecule has 4 atom stereocenters. The van der Waals surface area contributed by atoms with Crippen molar-refractivity contribution < 1.29 is 28.6 Å². The molecule has 0 aromatic rings. The molecule has 2 heterocycles. The number of rotatable bonds is 7. The van der Waals surface area contributed by atoms with Crippen LogP contribution >= 0.6 is 11.8 Å². The van der Waals surface area contributed by atoms with Gasteiger partial charge >= 0.3 is 12.1 Å². The highest BCUT2D eigenvalue weighted by molar-refractivity contribution is 8.01. The molecule has 2 rings (SSSR count). The number of hydrogen-bond donors (Lipinski definition) is 0. The number of β-lactam (4-membered cyclic amide) rings is 1. The van der Waals surface area contributed by atoms with Crippen LogP contribution in [0, 0.1) is 11.8 Å². The molecule has 1 amide bonds. The van der Waals surface area contributed by atoms with Gasteiger partial charge in [-0.2, -0.15) is 0 Å². The average molecular weight is 373 g/mol. The van der Waals surface area contributed by atoms with E-state index >= 15 is 0 Å². The number of esters is 1. The molecule has 0 saturated carbocycles. The summed E-state index contributed by atoms with van der Waals surface area (Å²) in [6.45, 7) is 9.58. The molecule has 8 heteroatoms. The van der Waals surface area contributed by atoms with Crippen molar-refractivity contribution in [3.8, 4) is 0 Å². The van der Waals surface area contributed by atoms with Crippen LogP contribution in [0.2, 0.25) is 0 Å². The number of fused-ring (bicyclic) bond motifs is 1. The molecule has 142 valence electrons. The van der Waals surface area contributed by atoms with Crippen LogP contribution in [0.15, 0.2) is 0 Å². The fraction of sp³-hybridized carbons (Fsp3) is 0.824. The van der Waals surface area contributed by atoms with Gasteiger partial charge in [0.15, 0.2) is 0 Å². The second-order valence-electron chi connectivity index (χ2n) is 7.00. The van der Waals surface area contributed by atoms with E-state index in [-0.39, 0.29) is 29.7 Å². The minimum Gasteiger partial charge on any atom is -0.434 e. The van der Waals surface area contributed by atoms with Crippen molar-refractivity contribution in [2.24, 2.45) is 11.8 Å². The number of nitrogens with zero attached hydrogens (tertiary/aromatic N) is 1. The highest BCUT2D eigenvalue weighted by atomic mass is 32.2. The molecule has 2 saturated heterocycles. The van der Waals surface area contributed by atoms with Crippen molar-refractivity contribution in [2.45, 2.75) is 63.6 Å². The minimum absolute atomic E-state index is 0.00245. The monoisotopic (exact) mass is 373 g/mol. The number of thioether (sulfide) groups is 1. The Bertz CT molecular complexity index is 537. The first-order valence-electron chi connectivity index (χ1n) is 8.70. The van der Waals surface area contributed by atoms with Gasteiger partial charge in [0.05, 0.1) is 17.9 Å². The lowest BCUT2D eigenvalue weighted by atomic mass is 9.82. The van der Waals surface area contributed by atoms with Gasteiger partial charge in [-0.15, -0.1) is 11.8 Å². The molecule has 0 aromatic carbocycles. The van der Waals surface area contributed by atoms with E-state index in [1.54, 1.807) is 16.7 Å². The summed E-state index contributed by atoms with van der Waals surface area (Å²) in [5.74, 6) is -0.322. The molecule has 2 aliphatic rings. The maximum atomic E-state index is 12.5. The smallest absolute Gasteiger partial charge is 0.434 e. The molecule has 1 unspecified atom stereocenters. The SMILES string of the molecule is CCCOC(=O)OCOC(=O)[C@@H]1N2C(=O)[C@@H](C(C)CC)[C@H]2SC1(C)C. The van der Waals surface area contributed by atoms with Gasteiger partial charge in [0.25, 0.3) is 0 Å². The van der Waals surface area contributed by atoms with Crippen molar-refractivity contribution >= 4 is 29.8 Å². The van der Waals surface area contributed by atoms with Crippen LogP contribution in [-0.4, -0.2) is 52.5 Å². The third-order valence-corrected chi connectivity index (χ3v) is 6.36. The predicted molar refractivity (Wildman–Crippen MR) is 92.7 cm³/mol. The molecular weight excluding hydrogens is 346 g/mol. The second kappa shape index (κ2) is 7.85. The lowest BCUT2D eigenvalue weighted by Gasteiger charge is -2.46. The lowest BCUT2D eigenvalue weighted by molar-refractivity contribution is -0.173. The summed E-state index contributed by atoms with van der Waals surface area (Å²) in [4.78, 5) is 37.9. The summed E-state index contributed by atoms with van der Waals surface area (Å²) >= 11 is 1.63. The van der Waals surface area contributed by atoms with Crippen LogP contribution in [-0.2, 0) is 23.8 Å². The number of hydrogen-bond acceptors (Lipinski definition) is 7. The van der Waals surface area contributed by atoms with Gasteiger partial charge in [-0.3, -0.25) is 4.79 Å². The van der Waals surface area contributed by atoms with Gasteiger partial charge in [-0.25, -0.2) is 9.59 Å². The molecule has 0 aliphatic carbocycles. The minimum atomic E-state index is -0.871. The van der Waals surface area contributed by atoms with Gasteiger partial charge in [0, 0.05) is 4.75 Å². The van der Waals surface area contributed by atoms with Crippen LogP contribution in [0.5, 0.6) is 0 Å². The summed E-state index contributed by atoms with van der Waals surface area (Å²) in [6, 6.07) is -0.675. The van der Waals surface area contributed by atoms with Gasteiger partial charge in [-0.1, -0.05) is 27.2 Å². The number of ether oxygens (including phenoxy) is 3. The van der Waals surface area contributed by atoms with Gasteiger partial charge < -0.3 is 19.1 Å². The first-order valence-corrected chi connectivity index (χ1v) is 9.58. The summed E-state index contributed by atoms with van der Waals surface area (Å²) in [5.41, 5.74) is 0. The first kappa shape index (κ1) is 19.9. The predicted octanol–water partition coefficient (Wildman–Crippen LogP) is 2.77. The maximum Gasteiger partial charge on any atom is 0.511 e. The van der Waals surface area contributed by atoms with E-state index in [0.717, 1.165) is 6.42 Å². The van der Waals surface area contributed by atoms with E-state index in [0.29, 0.717) is 6.42 Å². The second-order valence-corrected chi connectivity index (χ2v) is 8.77. The number of carbonyl (C=O) groups is 3. The zero-order valence-corrected chi connectivity index (χ0v) is 16.3. The Balaban J connectivity index is 1.93. The Kier molecular flexibility index (Phi) is 6.24. The van der Waals surface area contributed by atoms with E-state index in [4.69, 9.17) is 14.2 Å². The normalized spacial score (nSPS) is 28.0. The lowest BCUT2D eigenvalue weighted by Crippen LogP contribution is -2.64. The van der Waals surface area contributed by atoms with Crippen molar-refractivity contribution in [2.75, 3.05) is 13.4 Å². The summed E-state index contributed by atoms with van der Waals surface area (Å²) in [6.07, 6.45) is 0.729. The van der Waals surface area contributed by atoms with Crippen LogP contribution in [0.25, 0.3) is 0 Å². The van der Waals surface area contributed by atoms with Crippen LogP contribution in [0.4, 0.5) is 4.79 Å². The van der Waals surface area contributed by atoms with E-state index < -0.39 is 29.7 Å². The third kappa shape index (κ3) is 3.88. The fourth-order valence-electron chi connectivity index (χ4n) is 3.24. The van der Waals surface area contributed by atoms with Crippen molar-refractivity contribution in [3.63, 3.8) is 0 Å². The Morgan fingerprint density at radius 2 is 1.92 bits per heavy atom. The summed E-state index contributed by atoms with van der Waals surface area (Å²) in [5, 5.41) is 0.00504. The number of carbonyl (C=O) groups excluding carboxylic acids is 3. The molecule has 7 nitrogen and oxygen atoms in total. The molecule has 2 fully saturated rings. The Hall–Kier alpha value is -1.44. The molecule has 0 bridgehead atoms. The topological polar surface area (TPSA) is 82.1 Å². The van der Waals surface area contributed by atoms with E-state index in [2.05, 4.69) is 13.8 Å².